The Bertz CT molecular complexity index is 2440. The van der Waals surface area contributed by atoms with Gasteiger partial charge in [0.25, 0.3) is 0 Å². The minimum absolute atomic E-state index is 0.0176. The van der Waals surface area contributed by atoms with E-state index in [1.54, 1.807) is 0 Å². The molecule has 0 spiro atoms. The number of hydrogen-bond acceptors (Lipinski definition) is 3. The average Bonchev–Trinajstić information content (AvgIpc) is 3.41. The fourth-order valence-electron chi connectivity index (χ4n) is 8.30. The van der Waals surface area contributed by atoms with Crippen molar-refractivity contribution in [3.05, 3.63) is 143 Å². The second kappa shape index (κ2) is 9.67. The van der Waals surface area contributed by atoms with Crippen molar-refractivity contribution in [1.29, 1.82) is 0 Å². The van der Waals surface area contributed by atoms with Crippen LogP contribution in [0.15, 0.2) is 116 Å². The van der Waals surface area contributed by atoms with E-state index in [4.69, 9.17) is 9.97 Å². The number of pyridine rings is 2. The van der Waals surface area contributed by atoms with Crippen molar-refractivity contribution in [2.75, 3.05) is 4.90 Å². The van der Waals surface area contributed by atoms with Gasteiger partial charge < -0.3 is 4.90 Å². The van der Waals surface area contributed by atoms with Crippen LogP contribution in [0.1, 0.15) is 76.3 Å². The van der Waals surface area contributed by atoms with Crippen LogP contribution in [0, 0.1) is 0 Å². The lowest BCUT2D eigenvalue weighted by molar-refractivity contribution is 0.581. The maximum Gasteiger partial charge on any atom is 0.141 e. The Morgan fingerprint density at radius 1 is 0.583 bits per heavy atom. The smallest absolute Gasteiger partial charge is 0.141 e. The van der Waals surface area contributed by atoms with E-state index in [2.05, 4.69) is 155 Å². The molecule has 0 saturated heterocycles. The molecule has 7 aromatic rings. The van der Waals surface area contributed by atoms with Gasteiger partial charge in [-0.25, -0.2) is 4.98 Å². The van der Waals surface area contributed by atoms with E-state index in [0.717, 1.165) is 22.8 Å². The minimum Gasteiger partial charge on any atom is -0.310 e. The zero-order valence-corrected chi connectivity index (χ0v) is 28.8. The molecule has 5 heterocycles. The van der Waals surface area contributed by atoms with Gasteiger partial charge in [0.2, 0.25) is 0 Å². The molecule has 0 N–H and O–H groups in total. The van der Waals surface area contributed by atoms with E-state index in [-0.39, 0.29) is 16.2 Å². The highest BCUT2D eigenvalue weighted by Gasteiger charge is 2.39. The Labute approximate surface area is 282 Å². The third-order valence-corrected chi connectivity index (χ3v) is 11.0. The van der Waals surface area contributed by atoms with Gasteiger partial charge in [-0.2, -0.15) is 0 Å². The third-order valence-electron chi connectivity index (χ3n) is 11.0. The van der Waals surface area contributed by atoms with E-state index in [1.165, 1.54) is 61.0 Å². The molecule has 4 heteroatoms. The molecule has 9 rings (SSSR count). The highest BCUT2D eigenvalue weighted by Crippen LogP contribution is 2.54. The zero-order chi connectivity index (χ0) is 33.2. The lowest BCUT2D eigenvalue weighted by Crippen LogP contribution is -2.30. The Morgan fingerprint density at radius 3 is 2.10 bits per heavy atom. The van der Waals surface area contributed by atoms with Gasteiger partial charge in [-0.3, -0.25) is 9.55 Å². The number of rotatable bonds is 2. The molecule has 0 unspecified atom stereocenters. The molecular formula is C44H40N4. The van der Waals surface area contributed by atoms with E-state index in [1.807, 2.05) is 18.5 Å². The number of nitrogens with zero attached hydrogens (tertiary/aromatic N) is 4. The lowest BCUT2D eigenvalue weighted by atomic mass is 9.73. The summed E-state index contributed by atoms with van der Waals surface area (Å²) >= 11 is 0. The Kier molecular flexibility index (Phi) is 5.83. The predicted octanol–water partition coefficient (Wildman–Crippen LogP) is 11.3. The monoisotopic (exact) mass is 624 g/mol. The van der Waals surface area contributed by atoms with Crippen LogP contribution in [0.2, 0.25) is 0 Å². The summed E-state index contributed by atoms with van der Waals surface area (Å²) in [7, 11) is 0. The molecule has 0 fully saturated rings. The summed E-state index contributed by atoms with van der Waals surface area (Å²) in [5.41, 5.74) is 14.3. The van der Waals surface area contributed by atoms with Crippen LogP contribution in [0.5, 0.6) is 0 Å². The largest absolute Gasteiger partial charge is 0.310 e. The third kappa shape index (κ3) is 3.89. The maximum atomic E-state index is 5.05. The van der Waals surface area contributed by atoms with Gasteiger partial charge in [0, 0.05) is 50.8 Å². The first-order valence-electron chi connectivity index (χ1n) is 17.0. The molecule has 0 atom stereocenters. The van der Waals surface area contributed by atoms with E-state index in [9.17, 15) is 0 Å². The topological polar surface area (TPSA) is 34.0 Å². The van der Waals surface area contributed by atoms with Crippen molar-refractivity contribution in [2.24, 2.45) is 0 Å². The van der Waals surface area contributed by atoms with Crippen LogP contribution in [0.25, 0.3) is 38.9 Å². The molecule has 2 aliphatic rings. The molecule has 4 nitrogen and oxygen atoms in total. The van der Waals surface area contributed by atoms with Crippen LogP contribution in [0.3, 0.4) is 0 Å². The second-order valence-electron chi connectivity index (χ2n) is 15.6. The summed E-state index contributed by atoms with van der Waals surface area (Å²) < 4.78 is 2.43. The molecular weight excluding hydrogens is 585 g/mol. The van der Waals surface area contributed by atoms with Crippen LogP contribution < -0.4 is 4.90 Å². The fourth-order valence-corrected chi connectivity index (χ4v) is 8.30. The molecule has 0 aliphatic carbocycles. The zero-order valence-electron chi connectivity index (χ0n) is 28.8. The molecule has 4 aromatic carbocycles. The number of para-hydroxylation sites is 1. The van der Waals surface area contributed by atoms with Crippen LogP contribution in [-0.4, -0.2) is 14.5 Å². The van der Waals surface area contributed by atoms with E-state index < -0.39 is 0 Å². The number of fused-ring (bicyclic) bond motifs is 7. The van der Waals surface area contributed by atoms with Crippen molar-refractivity contribution in [3.63, 3.8) is 0 Å². The van der Waals surface area contributed by atoms with Crippen molar-refractivity contribution in [1.82, 2.24) is 14.5 Å². The van der Waals surface area contributed by atoms with Crippen molar-refractivity contribution >= 4 is 38.9 Å². The fraction of sp³-hybridized carbons (Fsp3) is 0.227. The van der Waals surface area contributed by atoms with E-state index >= 15 is 0 Å². The average molecular weight is 625 g/mol. The van der Waals surface area contributed by atoms with Gasteiger partial charge in [0.05, 0.1) is 28.1 Å². The number of hydrogen-bond donors (Lipinski definition) is 0. The SMILES string of the molecule is CC(C)(C)c1cc2c3c(c1)c1ccc(N4c5ccccc5C(C)(C)c5ccc(-c6ccccn6)cc54)cc1n3-c1ncccc1C2(C)C. The van der Waals surface area contributed by atoms with Crippen LogP contribution in [-0.2, 0) is 16.2 Å². The normalized spacial score (nSPS) is 15.7. The molecule has 3 aromatic heterocycles. The van der Waals surface area contributed by atoms with Gasteiger partial charge in [-0.05, 0) is 76.2 Å². The van der Waals surface area contributed by atoms with Crippen molar-refractivity contribution in [2.45, 2.75) is 64.7 Å². The van der Waals surface area contributed by atoms with E-state index in [0.29, 0.717) is 0 Å². The first-order valence-corrected chi connectivity index (χ1v) is 17.0. The Hall–Kier alpha value is -5.22. The minimum atomic E-state index is -0.186. The summed E-state index contributed by atoms with van der Waals surface area (Å²) in [6.45, 7) is 16.3. The first-order chi connectivity index (χ1) is 23.0. The molecule has 0 bridgehead atoms. The standard InChI is InChI=1S/C44H40N4/c1-42(2,3)28-24-31-30-19-18-29(26-38(30)48-40(31)35(25-28)44(6,7)34-14-12-22-46-41(34)48)47-37-16-9-8-13-32(37)43(4,5)33-20-17-27(23-39(33)47)36-15-10-11-21-45-36/h8-26H,1-7H3. The lowest BCUT2D eigenvalue weighted by Gasteiger charge is -2.42. The summed E-state index contributed by atoms with van der Waals surface area (Å²) in [4.78, 5) is 12.2. The quantitative estimate of drug-likeness (QED) is 0.192. The van der Waals surface area contributed by atoms with Gasteiger partial charge in [-0.1, -0.05) is 103 Å². The number of benzene rings is 4. The highest BCUT2D eigenvalue weighted by molar-refractivity contribution is 6.13. The van der Waals surface area contributed by atoms with Crippen LogP contribution >= 0.6 is 0 Å². The maximum absolute atomic E-state index is 5.05. The molecule has 236 valence electrons. The Balaban J connectivity index is 1.36. The van der Waals surface area contributed by atoms with Gasteiger partial charge in [0.1, 0.15) is 5.82 Å². The summed E-state index contributed by atoms with van der Waals surface area (Å²) in [6.07, 6.45) is 3.80. The molecule has 2 aliphatic heterocycles. The van der Waals surface area contributed by atoms with Gasteiger partial charge >= 0.3 is 0 Å². The van der Waals surface area contributed by atoms with Gasteiger partial charge in [-0.15, -0.1) is 0 Å². The van der Waals surface area contributed by atoms with Crippen molar-refractivity contribution < 1.29 is 0 Å². The predicted molar refractivity (Wildman–Crippen MR) is 199 cm³/mol. The molecule has 48 heavy (non-hydrogen) atoms. The van der Waals surface area contributed by atoms with Crippen molar-refractivity contribution in [3.8, 4) is 17.1 Å². The molecule has 0 amide bonds. The molecule has 0 saturated carbocycles. The summed E-state index contributed by atoms with van der Waals surface area (Å²) in [5.74, 6) is 1.02. The molecule has 0 radical (unpaired) electrons. The summed E-state index contributed by atoms with van der Waals surface area (Å²) in [5, 5.41) is 2.55. The first kappa shape index (κ1) is 29.0. The number of aromatic nitrogens is 3. The van der Waals surface area contributed by atoms with Gasteiger partial charge in [0.15, 0.2) is 0 Å². The van der Waals surface area contributed by atoms with Crippen LogP contribution in [0.4, 0.5) is 17.1 Å². The number of anilines is 3. The summed E-state index contributed by atoms with van der Waals surface area (Å²) in [6, 6.07) is 38.1. The Morgan fingerprint density at radius 2 is 1.31 bits per heavy atom. The highest BCUT2D eigenvalue weighted by atomic mass is 15.2. The second-order valence-corrected chi connectivity index (χ2v) is 15.6.